The third-order valence-corrected chi connectivity index (χ3v) is 2.98. The Bertz CT molecular complexity index is 318. The molecule has 6 nitrogen and oxygen atoms in total. The molecule has 0 saturated heterocycles. The van der Waals surface area contributed by atoms with Crippen molar-refractivity contribution in [3.8, 4) is 0 Å². The van der Waals surface area contributed by atoms with Crippen molar-refractivity contribution in [3.05, 3.63) is 12.2 Å². The first-order valence-corrected chi connectivity index (χ1v) is 7.09. The average Bonchev–Trinajstić information content (AvgIpc) is 2.46. The normalized spacial score (nSPS) is 14.0. The summed E-state index contributed by atoms with van der Waals surface area (Å²) in [6.07, 6.45) is 5.97. The SMILES string of the molecule is CCCC(NC)C(=O)NC(C/C=C\CNC)C(=O)NC. The second-order valence-corrected chi connectivity index (χ2v) is 4.57. The third-order valence-electron chi connectivity index (χ3n) is 2.98. The molecule has 0 aliphatic rings. The zero-order valence-corrected chi connectivity index (χ0v) is 13.0. The van der Waals surface area contributed by atoms with Gasteiger partial charge in [-0.25, -0.2) is 0 Å². The number of hydrogen-bond acceptors (Lipinski definition) is 4. The molecule has 20 heavy (non-hydrogen) atoms. The van der Waals surface area contributed by atoms with Crippen molar-refractivity contribution in [2.75, 3.05) is 27.7 Å². The smallest absolute Gasteiger partial charge is 0.242 e. The van der Waals surface area contributed by atoms with Gasteiger partial charge in [-0.2, -0.15) is 0 Å². The molecule has 2 atom stereocenters. The molecule has 0 saturated carbocycles. The molecule has 2 amide bonds. The van der Waals surface area contributed by atoms with E-state index in [0.29, 0.717) is 6.42 Å². The minimum absolute atomic E-state index is 0.134. The second kappa shape index (κ2) is 11.4. The molecule has 0 spiro atoms. The Hall–Kier alpha value is -1.40. The van der Waals surface area contributed by atoms with Gasteiger partial charge in [0.15, 0.2) is 0 Å². The number of likely N-dealkylation sites (N-methyl/N-ethyl adjacent to an activating group) is 3. The molecule has 0 heterocycles. The maximum atomic E-state index is 12.1. The standard InChI is InChI=1S/C14H28N4O2/c1-5-8-11(16-3)14(20)18-12(13(19)17-4)9-6-7-10-15-2/h6-7,11-12,15-16H,5,8-10H2,1-4H3,(H,17,19)(H,18,20)/b7-6-. The van der Waals surface area contributed by atoms with Gasteiger partial charge in [0.1, 0.15) is 6.04 Å². The van der Waals surface area contributed by atoms with Crippen LogP contribution in [0.5, 0.6) is 0 Å². The molecule has 0 aromatic carbocycles. The van der Waals surface area contributed by atoms with E-state index in [2.05, 4.69) is 21.3 Å². The van der Waals surface area contributed by atoms with Crippen LogP contribution in [0.15, 0.2) is 12.2 Å². The van der Waals surface area contributed by atoms with Gasteiger partial charge in [0.25, 0.3) is 0 Å². The van der Waals surface area contributed by atoms with Crippen molar-refractivity contribution < 1.29 is 9.59 Å². The topological polar surface area (TPSA) is 82.3 Å². The molecule has 0 bridgehead atoms. The number of hydrogen-bond donors (Lipinski definition) is 4. The highest BCUT2D eigenvalue weighted by atomic mass is 16.2. The summed E-state index contributed by atoms with van der Waals surface area (Å²) in [5, 5.41) is 11.3. The van der Waals surface area contributed by atoms with Crippen molar-refractivity contribution in [1.82, 2.24) is 21.3 Å². The number of nitrogens with one attached hydrogen (secondary N) is 4. The molecule has 0 rings (SSSR count). The van der Waals surface area contributed by atoms with E-state index >= 15 is 0 Å². The molecule has 4 N–H and O–H groups in total. The summed E-state index contributed by atoms with van der Waals surface area (Å²) >= 11 is 0. The highest BCUT2D eigenvalue weighted by Gasteiger charge is 2.22. The summed E-state index contributed by atoms with van der Waals surface area (Å²) < 4.78 is 0. The lowest BCUT2D eigenvalue weighted by atomic mass is 10.1. The van der Waals surface area contributed by atoms with Crippen LogP contribution in [-0.2, 0) is 9.59 Å². The first-order valence-electron chi connectivity index (χ1n) is 7.09. The van der Waals surface area contributed by atoms with Crippen LogP contribution in [0, 0.1) is 0 Å². The number of carbonyl (C=O) groups is 2. The van der Waals surface area contributed by atoms with Crippen molar-refractivity contribution in [3.63, 3.8) is 0 Å². The Morgan fingerprint density at radius 3 is 2.25 bits per heavy atom. The van der Waals surface area contributed by atoms with E-state index in [1.807, 2.05) is 26.1 Å². The van der Waals surface area contributed by atoms with Gasteiger partial charge in [-0.15, -0.1) is 0 Å². The highest BCUT2D eigenvalue weighted by Crippen LogP contribution is 2.00. The predicted octanol–water partition coefficient (Wildman–Crippen LogP) is -0.229. The fraction of sp³-hybridized carbons (Fsp3) is 0.714. The zero-order chi connectivity index (χ0) is 15.4. The minimum Gasteiger partial charge on any atom is -0.357 e. The van der Waals surface area contributed by atoms with Crippen molar-refractivity contribution in [2.45, 2.75) is 38.3 Å². The fourth-order valence-corrected chi connectivity index (χ4v) is 1.81. The van der Waals surface area contributed by atoms with Gasteiger partial charge >= 0.3 is 0 Å². The highest BCUT2D eigenvalue weighted by molar-refractivity contribution is 5.89. The summed E-state index contributed by atoms with van der Waals surface area (Å²) in [5.74, 6) is -0.316. The molecular formula is C14H28N4O2. The number of carbonyl (C=O) groups excluding carboxylic acids is 2. The summed E-state index contributed by atoms with van der Waals surface area (Å²) in [4.78, 5) is 23.9. The van der Waals surface area contributed by atoms with Crippen molar-refractivity contribution in [1.29, 1.82) is 0 Å². The van der Waals surface area contributed by atoms with E-state index in [4.69, 9.17) is 0 Å². The Kier molecular flexibility index (Phi) is 10.6. The maximum Gasteiger partial charge on any atom is 0.242 e. The van der Waals surface area contributed by atoms with E-state index in [-0.39, 0.29) is 17.9 Å². The van der Waals surface area contributed by atoms with Gasteiger partial charge < -0.3 is 21.3 Å². The van der Waals surface area contributed by atoms with Crippen LogP contribution >= 0.6 is 0 Å². The Labute approximate surface area is 121 Å². The first kappa shape index (κ1) is 18.6. The first-order chi connectivity index (χ1) is 9.60. The lowest BCUT2D eigenvalue weighted by Gasteiger charge is -2.20. The summed E-state index contributed by atoms with van der Waals surface area (Å²) in [6.45, 7) is 2.76. The van der Waals surface area contributed by atoms with Crippen LogP contribution in [0.2, 0.25) is 0 Å². The summed E-state index contributed by atoms with van der Waals surface area (Å²) in [7, 11) is 5.17. The minimum atomic E-state index is -0.534. The molecule has 116 valence electrons. The molecule has 6 heteroatoms. The Morgan fingerprint density at radius 2 is 1.75 bits per heavy atom. The molecule has 0 radical (unpaired) electrons. The molecule has 0 aromatic heterocycles. The van der Waals surface area contributed by atoms with Crippen LogP contribution in [0.3, 0.4) is 0 Å². The number of rotatable bonds is 10. The molecule has 0 aliphatic heterocycles. The predicted molar refractivity (Wildman–Crippen MR) is 81.4 cm³/mol. The lowest BCUT2D eigenvalue weighted by Crippen LogP contribution is -2.51. The van der Waals surface area contributed by atoms with Crippen LogP contribution in [-0.4, -0.2) is 51.6 Å². The van der Waals surface area contributed by atoms with E-state index in [1.54, 1.807) is 14.1 Å². The van der Waals surface area contributed by atoms with Crippen LogP contribution in [0.25, 0.3) is 0 Å². The molecule has 0 fully saturated rings. The maximum absolute atomic E-state index is 12.1. The lowest BCUT2D eigenvalue weighted by molar-refractivity contribution is -0.129. The van der Waals surface area contributed by atoms with E-state index in [0.717, 1.165) is 19.4 Å². The van der Waals surface area contributed by atoms with E-state index in [9.17, 15) is 9.59 Å². The molecule has 2 unspecified atom stereocenters. The van der Waals surface area contributed by atoms with Gasteiger partial charge in [-0.3, -0.25) is 9.59 Å². The van der Waals surface area contributed by atoms with Gasteiger partial charge in [-0.05, 0) is 26.9 Å². The fourth-order valence-electron chi connectivity index (χ4n) is 1.81. The largest absolute Gasteiger partial charge is 0.357 e. The van der Waals surface area contributed by atoms with Crippen LogP contribution in [0.1, 0.15) is 26.2 Å². The number of amides is 2. The summed E-state index contributed by atoms with van der Waals surface area (Å²) in [5.41, 5.74) is 0. The van der Waals surface area contributed by atoms with Crippen molar-refractivity contribution >= 4 is 11.8 Å². The van der Waals surface area contributed by atoms with Crippen molar-refractivity contribution in [2.24, 2.45) is 0 Å². The summed E-state index contributed by atoms with van der Waals surface area (Å²) in [6, 6.07) is -0.790. The van der Waals surface area contributed by atoms with E-state index < -0.39 is 6.04 Å². The van der Waals surface area contributed by atoms with Crippen LogP contribution < -0.4 is 21.3 Å². The third kappa shape index (κ3) is 7.25. The average molecular weight is 284 g/mol. The van der Waals surface area contributed by atoms with Crippen LogP contribution in [0.4, 0.5) is 0 Å². The molecule has 0 aromatic rings. The monoisotopic (exact) mass is 284 g/mol. The zero-order valence-electron chi connectivity index (χ0n) is 13.0. The van der Waals surface area contributed by atoms with Gasteiger partial charge in [-0.1, -0.05) is 25.5 Å². The quantitative estimate of drug-likeness (QED) is 0.418. The van der Waals surface area contributed by atoms with E-state index in [1.165, 1.54) is 0 Å². The molecular weight excluding hydrogens is 256 g/mol. The van der Waals surface area contributed by atoms with Gasteiger partial charge in [0.05, 0.1) is 6.04 Å². The second-order valence-electron chi connectivity index (χ2n) is 4.57. The Balaban J connectivity index is 4.55. The van der Waals surface area contributed by atoms with Gasteiger partial charge in [0, 0.05) is 13.6 Å². The molecule has 0 aliphatic carbocycles. The van der Waals surface area contributed by atoms with Gasteiger partial charge in [0.2, 0.25) is 11.8 Å². The Morgan fingerprint density at radius 1 is 1.05 bits per heavy atom.